The molecule has 2 N–H and O–H groups in total. The van der Waals surface area contributed by atoms with E-state index in [2.05, 4.69) is 33.0 Å². The second kappa shape index (κ2) is 10.1. The van der Waals surface area contributed by atoms with Crippen molar-refractivity contribution >= 4 is 39.8 Å². The van der Waals surface area contributed by atoms with Gasteiger partial charge < -0.3 is 15.4 Å². The molecule has 0 radical (unpaired) electrons. The van der Waals surface area contributed by atoms with E-state index in [1.807, 2.05) is 56.3 Å². The lowest BCUT2D eigenvalue weighted by Crippen LogP contribution is -2.22. The normalized spacial score (nSPS) is 11.6. The van der Waals surface area contributed by atoms with E-state index in [9.17, 15) is 4.79 Å². The van der Waals surface area contributed by atoms with Crippen LogP contribution < -0.4 is 15.4 Å². The summed E-state index contributed by atoms with van der Waals surface area (Å²) in [6.45, 7) is 4.99. The Bertz CT molecular complexity index is 902. The van der Waals surface area contributed by atoms with Crippen molar-refractivity contribution in [2.75, 3.05) is 17.2 Å². The van der Waals surface area contributed by atoms with Crippen LogP contribution in [-0.4, -0.2) is 28.0 Å². The number of ether oxygens (including phenoxy) is 1. The molecule has 1 aromatic heterocycles. The van der Waals surface area contributed by atoms with E-state index < -0.39 is 0 Å². The van der Waals surface area contributed by atoms with Gasteiger partial charge in [0.1, 0.15) is 5.75 Å². The number of nitrogens with zero attached hydrogens (tertiary/aromatic N) is 2. The van der Waals surface area contributed by atoms with Gasteiger partial charge in [-0.25, -0.2) is 0 Å². The molecule has 1 unspecified atom stereocenters. The van der Waals surface area contributed by atoms with Crippen LogP contribution in [0.2, 0.25) is 0 Å². The average Bonchev–Trinajstić information content (AvgIpc) is 3.16. The number of benzene rings is 2. The smallest absolute Gasteiger partial charge is 0.237 e. The van der Waals surface area contributed by atoms with Crippen molar-refractivity contribution in [2.24, 2.45) is 0 Å². The molecule has 0 saturated heterocycles. The zero-order chi connectivity index (χ0) is 19.8. The molecule has 0 aliphatic heterocycles. The Kier molecular flexibility index (Phi) is 7.27. The summed E-state index contributed by atoms with van der Waals surface area (Å²) in [6.07, 6.45) is 0. The monoisotopic (exact) mass is 414 g/mol. The van der Waals surface area contributed by atoms with Crippen molar-refractivity contribution in [3.05, 3.63) is 60.2 Å². The maximum Gasteiger partial charge on any atom is 0.237 e. The largest absolute Gasteiger partial charge is 0.492 e. The molecule has 1 amide bonds. The number of carbonyl (C=O) groups excluding carboxylic acids is 1. The van der Waals surface area contributed by atoms with Gasteiger partial charge in [-0.1, -0.05) is 65.6 Å². The van der Waals surface area contributed by atoms with Gasteiger partial charge >= 0.3 is 0 Å². The molecule has 0 aliphatic rings. The Labute approximate surface area is 172 Å². The van der Waals surface area contributed by atoms with Gasteiger partial charge in [0.05, 0.1) is 17.5 Å². The van der Waals surface area contributed by atoms with E-state index in [4.69, 9.17) is 4.74 Å². The fraction of sp³-hybridized carbons (Fsp3) is 0.250. The summed E-state index contributed by atoms with van der Waals surface area (Å²) in [7, 11) is 0. The lowest BCUT2D eigenvalue weighted by molar-refractivity contribution is -0.115. The number of amides is 1. The summed E-state index contributed by atoms with van der Waals surface area (Å²) in [4.78, 5) is 12.5. The van der Waals surface area contributed by atoms with Crippen LogP contribution >= 0.6 is 23.1 Å². The van der Waals surface area contributed by atoms with Crippen molar-refractivity contribution in [1.82, 2.24) is 10.2 Å². The number of aromatic nitrogens is 2. The standard InChI is InChI=1S/C20H22N4O2S2/c1-3-26-17-12-8-7-11-16(17)22-18(25)14(2)27-20-24-23-19(28-20)21-13-15-9-5-4-6-10-15/h4-12,14H,3,13H2,1-2H3,(H,21,23)(H,22,25). The van der Waals surface area contributed by atoms with Gasteiger partial charge in [0.25, 0.3) is 0 Å². The van der Waals surface area contributed by atoms with E-state index in [0.717, 1.165) is 9.47 Å². The van der Waals surface area contributed by atoms with Crippen LogP contribution in [0.1, 0.15) is 19.4 Å². The lowest BCUT2D eigenvalue weighted by atomic mass is 10.2. The SMILES string of the molecule is CCOc1ccccc1NC(=O)C(C)Sc1nnc(NCc2ccccc2)s1. The van der Waals surface area contributed by atoms with Crippen LogP contribution in [0.3, 0.4) is 0 Å². The topological polar surface area (TPSA) is 76.1 Å². The zero-order valence-electron chi connectivity index (χ0n) is 15.7. The number of thioether (sulfide) groups is 1. The van der Waals surface area contributed by atoms with Crippen molar-refractivity contribution in [3.8, 4) is 5.75 Å². The molecule has 3 aromatic rings. The first-order valence-electron chi connectivity index (χ1n) is 8.96. The highest BCUT2D eigenvalue weighted by Crippen LogP contribution is 2.30. The van der Waals surface area contributed by atoms with E-state index in [1.54, 1.807) is 0 Å². The molecule has 1 heterocycles. The fourth-order valence-electron chi connectivity index (χ4n) is 2.39. The van der Waals surface area contributed by atoms with E-state index in [0.29, 0.717) is 24.6 Å². The maximum atomic E-state index is 12.5. The van der Waals surface area contributed by atoms with Gasteiger partial charge in [0.15, 0.2) is 4.34 Å². The number of nitrogens with one attached hydrogen (secondary N) is 2. The molecule has 6 nitrogen and oxygen atoms in total. The predicted octanol–water partition coefficient (Wildman–Crippen LogP) is 4.67. The first-order chi connectivity index (χ1) is 13.7. The predicted molar refractivity (Wildman–Crippen MR) is 115 cm³/mol. The molecule has 2 aromatic carbocycles. The molecular weight excluding hydrogens is 392 g/mol. The molecule has 1 atom stereocenters. The minimum Gasteiger partial charge on any atom is -0.492 e. The molecule has 0 bridgehead atoms. The third-order valence-corrected chi connectivity index (χ3v) is 5.85. The summed E-state index contributed by atoms with van der Waals surface area (Å²) in [5.41, 5.74) is 1.84. The molecule has 146 valence electrons. The number of anilines is 2. The van der Waals surface area contributed by atoms with Crippen molar-refractivity contribution in [3.63, 3.8) is 0 Å². The summed E-state index contributed by atoms with van der Waals surface area (Å²) in [6, 6.07) is 17.5. The molecule has 3 rings (SSSR count). The van der Waals surface area contributed by atoms with Gasteiger partial charge in [-0.3, -0.25) is 4.79 Å². The van der Waals surface area contributed by atoms with Crippen molar-refractivity contribution < 1.29 is 9.53 Å². The first-order valence-corrected chi connectivity index (χ1v) is 10.7. The van der Waals surface area contributed by atoms with Crippen LogP contribution in [0.15, 0.2) is 58.9 Å². The summed E-state index contributed by atoms with van der Waals surface area (Å²) in [5, 5.41) is 14.9. The van der Waals surface area contributed by atoms with Gasteiger partial charge in [0, 0.05) is 6.54 Å². The van der Waals surface area contributed by atoms with Crippen LogP contribution in [0.25, 0.3) is 0 Å². The lowest BCUT2D eigenvalue weighted by Gasteiger charge is -2.13. The molecule has 0 spiro atoms. The van der Waals surface area contributed by atoms with Crippen molar-refractivity contribution in [1.29, 1.82) is 0 Å². The number of carbonyl (C=O) groups is 1. The minimum atomic E-state index is -0.315. The summed E-state index contributed by atoms with van der Waals surface area (Å²) in [5.74, 6) is 0.560. The van der Waals surface area contributed by atoms with Crippen LogP contribution in [0.4, 0.5) is 10.8 Å². The van der Waals surface area contributed by atoms with Crippen LogP contribution in [0.5, 0.6) is 5.75 Å². The average molecular weight is 415 g/mol. The Balaban J connectivity index is 1.54. The molecule has 0 fully saturated rings. The Morgan fingerprint density at radius 3 is 2.68 bits per heavy atom. The molecule has 8 heteroatoms. The van der Waals surface area contributed by atoms with E-state index >= 15 is 0 Å². The van der Waals surface area contributed by atoms with E-state index in [1.165, 1.54) is 28.7 Å². The first kappa shape index (κ1) is 20.2. The highest BCUT2D eigenvalue weighted by Gasteiger charge is 2.18. The second-order valence-electron chi connectivity index (χ2n) is 5.89. The van der Waals surface area contributed by atoms with Gasteiger partial charge in [-0.05, 0) is 31.5 Å². The fourth-order valence-corrected chi connectivity index (χ4v) is 4.28. The number of para-hydroxylation sites is 2. The van der Waals surface area contributed by atoms with Gasteiger partial charge in [-0.15, -0.1) is 10.2 Å². The molecular formula is C20H22N4O2S2. The molecule has 28 heavy (non-hydrogen) atoms. The second-order valence-corrected chi connectivity index (χ2v) is 8.46. The number of hydrogen-bond donors (Lipinski definition) is 2. The van der Waals surface area contributed by atoms with E-state index in [-0.39, 0.29) is 11.2 Å². The van der Waals surface area contributed by atoms with Gasteiger partial charge in [0.2, 0.25) is 11.0 Å². The third-order valence-electron chi connectivity index (χ3n) is 3.78. The number of rotatable bonds is 9. The Morgan fingerprint density at radius 1 is 1.14 bits per heavy atom. The minimum absolute atomic E-state index is 0.105. The van der Waals surface area contributed by atoms with Crippen LogP contribution in [0, 0.1) is 0 Å². The highest BCUT2D eigenvalue weighted by atomic mass is 32.2. The Morgan fingerprint density at radius 2 is 1.89 bits per heavy atom. The zero-order valence-corrected chi connectivity index (χ0v) is 17.3. The summed E-state index contributed by atoms with van der Waals surface area (Å²) < 4.78 is 6.30. The number of hydrogen-bond acceptors (Lipinski definition) is 7. The van der Waals surface area contributed by atoms with Gasteiger partial charge in [-0.2, -0.15) is 0 Å². The van der Waals surface area contributed by atoms with Crippen LogP contribution in [-0.2, 0) is 11.3 Å². The Hall–Kier alpha value is -2.58. The maximum absolute atomic E-state index is 12.5. The highest BCUT2D eigenvalue weighted by molar-refractivity contribution is 8.02. The third kappa shape index (κ3) is 5.71. The molecule has 0 aliphatic carbocycles. The molecule has 0 saturated carbocycles. The van der Waals surface area contributed by atoms with Crippen molar-refractivity contribution in [2.45, 2.75) is 30.0 Å². The summed E-state index contributed by atoms with van der Waals surface area (Å²) >= 11 is 2.83. The quantitative estimate of drug-likeness (QED) is 0.496.